The Kier molecular flexibility index (Phi) is 5.71. The molecule has 1 aliphatic heterocycles. The van der Waals surface area contributed by atoms with E-state index in [1.54, 1.807) is 17.0 Å². The molecule has 0 unspecified atom stereocenters. The van der Waals surface area contributed by atoms with Gasteiger partial charge in [0.1, 0.15) is 11.3 Å². The van der Waals surface area contributed by atoms with Gasteiger partial charge in [-0.1, -0.05) is 0 Å². The molecule has 1 fully saturated rings. The van der Waals surface area contributed by atoms with E-state index < -0.39 is 5.60 Å². The molecular weight excluding hydrogens is 324 g/mol. The molecule has 0 radical (unpaired) electrons. The number of carbonyl (C=O) groups is 1. The van der Waals surface area contributed by atoms with Crippen molar-refractivity contribution in [3.8, 4) is 0 Å². The highest BCUT2D eigenvalue weighted by molar-refractivity contribution is 5.70. The highest BCUT2D eigenvalue weighted by Crippen LogP contribution is 2.30. The fraction of sp³-hybridized carbons (Fsp3) is 0.588. The lowest BCUT2D eigenvalue weighted by Crippen LogP contribution is -2.50. The van der Waals surface area contributed by atoms with Gasteiger partial charge in [0.25, 0.3) is 5.69 Å². The van der Waals surface area contributed by atoms with Crippen molar-refractivity contribution in [2.45, 2.75) is 33.3 Å². The average molecular weight is 350 g/mol. The molecule has 0 aliphatic carbocycles. The number of nitro benzene ring substituents is 1. The normalized spacial score (nSPS) is 15.0. The smallest absolute Gasteiger partial charge is 0.410 e. The topological polar surface area (TPSA) is 88.0 Å². The van der Waals surface area contributed by atoms with E-state index in [0.717, 1.165) is 5.69 Å². The van der Waals surface area contributed by atoms with Crippen molar-refractivity contribution in [2.24, 2.45) is 0 Å². The van der Waals surface area contributed by atoms with E-state index in [1.807, 2.05) is 27.7 Å². The number of benzene rings is 1. The number of nitro groups is 1. The Morgan fingerprint density at radius 1 is 1.28 bits per heavy atom. The fourth-order valence-corrected chi connectivity index (χ4v) is 2.69. The summed E-state index contributed by atoms with van der Waals surface area (Å²) in [5.41, 5.74) is 0.982. The van der Waals surface area contributed by atoms with Crippen molar-refractivity contribution in [3.05, 3.63) is 28.3 Å². The first-order valence-corrected chi connectivity index (χ1v) is 8.46. The van der Waals surface area contributed by atoms with E-state index in [9.17, 15) is 14.9 Å². The van der Waals surface area contributed by atoms with Crippen molar-refractivity contribution in [3.63, 3.8) is 0 Å². The van der Waals surface area contributed by atoms with Crippen LogP contribution in [0, 0.1) is 10.1 Å². The maximum absolute atomic E-state index is 12.1. The Balaban J connectivity index is 2.04. The zero-order valence-corrected chi connectivity index (χ0v) is 15.2. The number of hydrogen-bond donors (Lipinski definition) is 1. The number of carbonyl (C=O) groups excluding carboxylic acids is 1. The van der Waals surface area contributed by atoms with Gasteiger partial charge < -0.3 is 19.9 Å². The van der Waals surface area contributed by atoms with E-state index in [2.05, 4.69) is 10.2 Å². The number of ether oxygens (including phenoxy) is 1. The quantitative estimate of drug-likeness (QED) is 0.663. The second-order valence-electron chi connectivity index (χ2n) is 6.94. The molecule has 2 rings (SSSR count). The summed E-state index contributed by atoms with van der Waals surface area (Å²) in [6.07, 6.45) is -0.302. The van der Waals surface area contributed by atoms with E-state index in [1.165, 1.54) is 6.07 Å². The summed E-state index contributed by atoms with van der Waals surface area (Å²) >= 11 is 0. The van der Waals surface area contributed by atoms with Gasteiger partial charge in [-0.25, -0.2) is 4.79 Å². The Bertz CT molecular complexity index is 634. The first-order valence-electron chi connectivity index (χ1n) is 8.46. The van der Waals surface area contributed by atoms with Crippen LogP contribution >= 0.6 is 0 Å². The van der Waals surface area contributed by atoms with Crippen molar-refractivity contribution in [1.82, 2.24) is 4.90 Å². The Hall–Kier alpha value is -2.51. The Morgan fingerprint density at radius 2 is 1.92 bits per heavy atom. The number of anilines is 2. The Labute approximate surface area is 147 Å². The minimum Gasteiger partial charge on any atom is -0.444 e. The summed E-state index contributed by atoms with van der Waals surface area (Å²) in [5, 5.41) is 14.1. The lowest BCUT2D eigenvalue weighted by atomic mass is 10.2. The van der Waals surface area contributed by atoms with E-state index in [0.29, 0.717) is 38.4 Å². The van der Waals surface area contributed by atoms with Crippen LogP contribution in [0.5, 0.6) is 0 Å². The van der Waals surface area contributed by atoms with Gasteiger partial charge >= 0.3 is 6.09 Å². The SMILES string of the molecule is CCNc1cc(N2CCN(C(=O)OC(C)(C)C)CC2)ccc1[N+](=O)[O-]. The lowest BCUT2D eigenvalue weighted by Gasteiger charge is -2.36. The van der Waals surface area contributed by atoms with Crippen LogP contribution in [0.25, 0.3) is 0 Å². The number of hydrogen-bond acceptors (Lipinski definition) is 6. The molecule has 0 atom stereocenters. The molecule has 8 heteroatoms. The van der Waals surface area contributed by atoms with E-state index in [4.69, 9.17) is 4.74 Å². The molecule has 25 heavy (non-hydrogen) atoms. The second kappa shape index (κ2) is 7.58. The molecule has 1 heterocycles. The first-order chi connectivity index (χ1) is 11.7. The maximum atomic E-state index is 12.1. The summed E-state index contributed by atoms with van der Waals surface area (Å²) in [6.45, 7) is 10.5. The van der Waals surface area contributed by atoms with Crippen LogP contribution in [0.1, 0.15) is 27.7 Å². The van der Waals surface area contributed by atoms with Crippen LogP contribution in [0.3, 0.4) is 0 Å². The number of rotatable bonds is 4. The maximum Gasteiger partial charge on any atom is 0.410 e. The van der Waals surface area contributed by atoms with Gasteiger partial charge in [0.15, 0.2) is 0 Å². The fourth-order valence-electron chi connectivity index (χ4n) is 2.69. The summed E-state index contributed by atoms with van der Waals surface area (Å²) in [6, 6.07) is 5.07. The average Bonchev–Trinajstić information content (AvgIpc) is 2.53. The van der Waals surface area contributed by atoms with Crippen molar-refractivity contribution in [1.29, 1.82) is 0 Å². The van der Waals surface area contributed by atoms with Gasteiger partial charge in [-0.05, 0) is 39.8 Å². The second-order valence-corrected chi connectivity index (χ2v) is 6.94. The molecule has 1 N–H and O–H groups in total. The predicted molar refractivity (Wildman–Crippen MR) is 97.3 cm³/mol. The highest BCUT2D eigenvalue weighted by Gasteiger charge is 2.26. The van der Waals surface area contributed by atoms with Gasteiger partial charge in [-0.15, -0.1) is 0 Å². The summed E-state index contributed by atoms with van der Waals surface area (Å²) < 4.78 is 5.39. The number of piperazine rings is 1. The number of nitrogens with one attached hydrogen (secondary N) is 1. The molecule has 1 aromatic carbocycles. The number of nitrogens with zero attached hydrogens (tertiary/aromatic N) is 3. The highest BCUT2D eigenvalue weighted by atomic mass is 16.6. The minimum atomic E-state index is -0.507. The third-order valence-electron chi connectivity index (χ3n) is 3.84. The molecule has 1 aliphatic rings. The van der Waals surface area contributed by atoms with E-state index >= 15 is 0 Å². The van der Waals surface area contributed by atoms with Gasteiger partial charge in [0.05, 0.1) is 4.92 Å². The zero-order chi connectivity index (χ0) is 18.6. The molecular formula is C17H26N4O4. The molecule has 1 amide bonds. The van der Waals surface area contributed by atoms with Crippen molar-refractivity contribution in [2.75, 3.05) is 42.9 Å². The zero-order valence-electron chi connectivity index (χ0n) is 15.2. The van der Waals surface area contributed by atoms with Crippen molar-refractivity contribution >= 4 is 23.2 Å². The monoisotopic (exact) mass is 350 g/mol. The van der Waals surface area contributed by atoms with Gasteiger partial charge in [-0.3, -0.25) is 10.1 Å². The summed E-state index contributed by atoms with van der Waals surface area (Å²) in [5.74, 6) is 0. The standard InChI is InChI=1S/C17H26N4O4/c1-5-18-14-12-13(6-7-15(14)21(23)24)19-8-10-20(11-9-19)16(22)25-17(2,3)4/h6-7,12,18H,5,8-11H2,1-4H3. The Morgan fingerprint density at radius 3 is 2.44 bits per heavy atom. The molecule has 138 valence electrons. The van der Waals surface area contributed by atoms with Gasteiger partial charge in [0, 0.05) is 44.5 Å². The van der Waals surface area contributed by atoms with Crippen LogP contribution in [0.4, 0.5) is 21.9 Å². The van der Waals surface area contributed by atoms with Gasteiger partial charge in [-0.2, -0.15) is 0 Å². The molecule has 1 saturated heterocycles. The minimum absolute atomic E-state index is 0.0676. The third kappa shape index (κ3) is 4.98. The van der Waals surface area contributed by atoms with Crippen LogP contribution in [-0.4, -0.2) is 54.2 Å². The summed E-state index contributed by atoms with van der Waals surface area (Å²) in [4.78, 5) is 26.6. The number of amides is 1. The first kappa shape index (κ1) is 18.8. The largest absolute Gasteiger partial charge is 0.444 e. The van der Waals surface area contributed by atoms with Crippen molar-refractivity contribution < 1.29 is 14.5 Å². The predicted octanol–water partition coefficient (Wildman–Crippen LogP) is 3.08. The lowest BCUT2D eigenvalue weighted by molar-refractivity contribution is -0.383. The molecule has 0 bridgehead atoms. The molecule has 0 aromatic heterocycles. The molecule has 0 spiro atoms. The third-order valence-corrected chi connectivity index (χ3v) is 3.84. The van der Waals surface area contributed by atoms with Crippen LogP contribution < -0.4 is 10.2 Å². The summed E-state index contributed by atoms with van der Waals surface area (Å²) in [7, 11) is 0. The van der Waals surface area contributed by atoms with Gasteiger partial charge in [0.2, 0.25) is 0 Å². The van der Waals surface area contributed by atoms with Crippen LogP contribution in [0.2, 0.25) is 0 Å². The molecule has 0 saturated carbocycles. The van der Waals surface area contributed by atoms with E-state index in [-0.39, 0.29) is 16.7 Å². The molecule has 8 nitrogen and oxygen atoms in total. The van der Waals surface area contributed by atoms with Crippen LogP contribution in [0.15, 0.2) is 18.2 Å². The van der Waals surface area contributed by atoms with Crippen LogP contribution in [-0.2, 0) is 4.74 Å². The molecule has 1 aromatic rings.